The first-order valence-corrected chi connectivity index (χ1v) is 17.9. The second-order valence-corrected chi connectivity index (χ2v) is 16.7. The molecule has 2 N–H and O–H groups in total. The molecule has 0 bridgehead atoms. The summed E-state index contributed by atoms with van der Waals surface area (Å²) in [5, 5.41) is 2.99. The molecular weight excluding hydrogens is 610 g/mol. The Balaban J connectivity index is 1.56. The molecule has 1 aromatic heterocycles. The molecule has 1 saturated heterocycles. The molecule has 10 heteroatoms. The Bertz CT molecular complexity index is 1460. The first kappa shape index (κ1) is 37.4. The number of nitrogens with one attached hydrogen (secondary N) is 2. The van der Waals surface area contributed by atoms with Gasteiger partial charge in [-0.15, -0.1) is 0 Å². The smallest absolute Gasteiger partial charge is 0.248 e. The summed E-state index contributed by atoms with van der Waals surface area (Å²) in [6.07, 6.45) is 5.73. The lowest BCUT2D eigenvalue weighted by Crippen LogP contribution is -2.59. The van der Waals surface area contributed by atoms with Crippen molar-refractivity contribution in [3.8, 4) is 0 Å². The highest BCUT2D eigenvalue weighted by Crippen LogP contribution is 2.44. The number of pyridine rings is 1. The van der Waals surface area contributed by atoms with Gasteiger partial charge in [-0.2, -0.15) is 0 Å². The fraction of sp³-hybridized carbons (Fsp3) is 0.711. The molecule has 3 aliphatic rings. The fourth-order valence-electron chi connectivity index (χ4n) is 7.65. The number of aromatic amines is 1. The molecule has 0 radical (unpaired) electrons. The normalized spacial score (nSPS) is 22.8. The van der Waals surface area contributed by atoms with Crippen LogP contribution in [-0.2, 0) is 24.0 Å². The highest BCUT2D eigenvalue weighted by Gasteiger charge is 2.52. The molecule has 4 rings (SSSR count). The monoisotopic (exact) mass is 665 g/mol. The van der Waals surface area contributed by atoms with Crippen LogP contribution in [-0.4, -0.2) is 63.5 Å². The minimum atomic E-state index is -0.983. The van der Waals surface area contributed by atoms with Crippen LogP contribution in [0.3, 0.4) is 0 Å². The fourth-order valence-corrected chi connectivity index (χ4v) is 7.65. The molecular formula is C38H55N3O7. The summed E-state index contributed by atoms with van der Waals surface area (Å²) in [6, 6.07) is 2.61. The van der Waals surface area contributed by atoms with Crippen molar-refractivity contribution >= 4 is 34.9 Å². The Kier molecular flexibility index (Phi) is 11.7. The van der Waals surface area contributed by atoms with Crippen molar-refractivity contribution in [3.63, 3.8) is 0 Å². The summed E-state index contributed by atoms with van der Waals surface area (Å²) >= 11 is 0. The van der Waals surface area contributed by atoms with Crippen LogP contribution in [0.25, 0.3) is 0 Å². The number of rotatable bonds is 15. The highest BCUT2D eigenvalue weighted by atomic mass is 16.2. The molecule has 6 atom stereocenters. The Morgan fingerprint density at radius 2 is 1.62 bits per heavy atom. The van der Waals surface area contributed by atoms with Crippen LogP contribution in [0.1, 0.15) is 123 Å². The van der Waals surface area contributed by atoms with Crippen LogP contribution in [0.4, 0.5) is 0 Å². The van der Waals surface area contributed by atoms with Gasteiger partial charge in [-0.1, -0.05) is 67.4 Å². The third-order valence-electron chi connectivity index (χ3n) is 10.6. The number of fused-ring (bicyclic) bond motifs is 1. The highest BCUT2D eigenvalue weighted by molar-refractivity contribution is 6.38. The predicted molar refractivity (Wildman–Crippen MR) is 182 cm³/mol. The van der Waals surface area contributed by atoms with Gasteiger partial charge < -0.3 is 15.2 Å². The standard InChI is InChI=1S/C38H55N3O7/c1-8-11-23(33(46)30(44)18-22-16-17-22)19-29(43)32-25-13-9-12-24(25)21-41(32)36(48)34(38(5,6)7)40-35(47)26(37(2,3)4)20-28(42)27-14-10-15-31(45)39-27/h10,14-15,22-26,32,34H,8-9,11-13,16-21H2,1-7H3,(H,39,45)(H,40,47)/t23-,24?,25+,26-,32+,34-/m1/s1. The maximum Gasteiger partial charge on any atom is 0.248 e. The zero-order valence-electron chi connectivity index (χ0n) is 29.9. The molecule has 3 fully saturated rings. The zero-order valence-corrected chi connectivity index (χ0v) is 29.9. The summed E-state index contributed by atoms with van der Waals surface area (Å²) < 4.78 is 0. The van der Waals surface area contributed by atoms with Crippen molar-refractivity contribution in [2.24, 2.45) is 40.4 Å². The zero-order chi connectivity index (χ0) is 35.6. The van der Waals surface area contributed by atoms with Gasteiger partial charge in [0.05, 0.1) is 17.7 Å². The topological polar surface area (TPSA) is 151 Å². The largest absolute Gasteiger partial charge is 0.344 e. The molecule has 10 nitrogen and oxygen atoms in total. The first-order valence-electron chi connectivity index (χ1n) is 17.9. The van der Waals surface area contributed by atoms with E-state index < -0.39 is 52.0 Å². The van der Waals surface area contributed by atoms with Crippen molar-refractivity contribution in [1.29, 1.82) is 0 Å². The number of amides is 2. The van der Waals surface area contributed by atoms with Crippen molar-refractivity contribution in [1.82, 2.24) is 15.2 Å². The molecule has 1 aromatic rings. The number of carbonyl (C=O) groups is 6. The Labute approximate surface area is 284 Å². The Morgan fingerprint density at radius 3 is 2.21 bits per heavy atom. The van der Waals surface area contributed by atoms with Crippen molar-refractivity contribution < 1.29 is 28.8 Å². The minimum Gasteiger partial charge on any atom is -0.344 e. The SMILES string of the molecule is CCC[C@H](CC(=O)[C@@H]1[C@H]2CCCC2CN1C(=O)[C@@H](NC(=O)[C@@H](CC(=O)c1cccc(=O)[nH]1)C(C)(C)C)C(C)(C)C)C(=O)C(=O)CC1CC1. The number of ketones is 4. The number of aromatic nitrogens is 1. The number of hydrogen-bond acceptors (Lipinski definition) is 7. The van der Waals surface area contributed by atoms with E-state index in [1.807, 2.05) is 48.5 Å². The number of H-pyrrole nitrogens is 1. The average molecular weight is 666 g/mol. The van der Waals surface area contributed by atoms with E-state index in [0.29, 0.717) is 19.4 Å². The van der Waals surface area contributed by atoms with Crippen LogP contribution >= 0.6 is 0 Å². The van der Waals surface area contributed by atoms with Gasteiger partial charge in [-0.05, 0) is 66.8 Å². The van der Waals surface area contributed by atoms with E-state index in [1.54, 1.807) is 4.90 Å². The molecule has 2 saturated carbocycles. The predicted octanol–water partition coefficient (Wildman–Crippen LogP) is 5.08. The molecule has 264 valence electrons. The minimum absolute atomic E-state index is 0.0229. The van der Waals surface area contributed by atoms with E-state index in [4.69, 9.17) is 0 Å². The van der Waals surface area contributed by atoms with Crippen LogP contribution in [0.2, 0.25) is 0 Å². The number of carbonyl (C=O) groups excluding carboxylic acids is 6. The molecule has 2 heterocycles. The van der Waals surface area contributed by atoms with Crippen molar-refractivity contribution in [3.05, 3.63) is 34.2 Å². The molecule has 1 aliphatic heterocycles. The number of likely N-dealkylation sites (tertiary alicyclic amines) is 1. The third-order valence-corrected chi connectivity index (χ3v) is 10.6. The molecule has 0 spiro atoms. The van der Waals surface area contributed by atoms with Gasteiger partial charge in [-0.3, -0.25) is 33.6 Å². The summed E-state index contributed by atoms with van der Waals surface area (Å²) in [4.78, 5) is 97.8. The Morgan fingerprint density at radius 1 is 0.938 bits per heavy atom. The molecule has 2 aliphatic carbocycles. The Hall–Kier alpha value is -3.43. The second-order valence-electron chi connectivity index (χ2n) is 16.7. The lowest BCUT2D eigenvalue weighted by molar-refractivity contribution is -0.146. The number of Topliss-reactive ketones (excluding diaryl/α,β-unsaturated/α-hetero) is 4. The van der Waals surface area contributed by atoms with E-state index >= 15 is 0 Å². The maximum absolute atomic E-state index is 14.5. The van der Waals surface area contributed by atoms with Gasteiger partial charge in [0.2, 0.25) is 23.2 Å². The second kappa shape index (κ2) is 15.0. The lowest BCUT2D eigenvalue weighted by Gasteiger charge is -2.38. The van der Waals surface area contributed by atoms with Crippen LogP contribution in [0.15, 0.2) is 23.0 Å². The van der Waals surface area contributed by atoms with Crippen molar-refractivity contribution in [2.45, 2.75) is 125 Å². The van der Waals surface area contributed by atoms with Gasteiger partial charge in [0, 0.05) is 37.8 Å². The van der Waals surface area contributed by atoms with Crippen LogP contribution < -0.4 is 10.9 Å². The quantitative estimate of drug-likeness (QED) is 0.196. The summed E-state index contributed by atoms with van der Waals surface area (Å²) in [5.41, 5.74) is -1.68. The van der Waals surface area contributed by atoms with E-state index in [2.05, 4.69) is 10.3 Å². The van der Waals surface area contributed by atoms with Gasteiger partial charge in [0.15, 0.2) is 17.3 Å². The summed E-state index contributed by atoms with van der Waals surface area (Å²) in [6.45, 7) is 13.5. The van der Waals surface area contributed by atoms with E-state index in [9.17, 15) is 33.6 Å². The van der Waals surface area contributed by atoms with E-state index in [1.165, 1.54) is 18.2 Å². The molecule has 2 amide bonds. The van der Waals surface area contributed by atoms with E-state index in [-0.39, 0.29) is 66.0 Å². The van der Waals surface area contributed by atoms with Gasteiger partial charge in [0.25, 0.3) is 0 Å². The van der Waals surface area contributed by atoms with Crippen LogP contribution in [0, 0.1) is 40.4 Å². The summed E-state index contributed by atoms with van der Waals surface area (Å²) in [5.74, 6) is -3.29. The third kappa shape index (κ3) is 8.97. The van der Waals surface area contributed by atoms with Crippen molar-refractivity contribution in [2.75, 3.05) is 6.54 Å². The van der Waals surface area contributed by atoms with Crippen LogP contribution in [0.5, 0.6) is 0 Å². The van der Waals surface area contributed by atoms with E-state index in [0.717, 1.165) is 32.1 Å². The van der Waals surface area contributed by atoms with Gasteiger partial charge >= 0.3 is 0 Å². The molecule has 1 unspecified atom stereocenters. The number of hydrogen-bond donors (Lipinski definition) is 2. The maximum atomic E-state index is 14.5. The molecule has 48 heavy (non-hydrogen) atoms. The molecule has 0 aromatic carbocycles. The first-order chi connectivity index (χ1) is 22.4. The summed E-state index contributed by atoms with van der Waals surface area (Å²) in [7, 11) is 0. The van der Waals surface area contributed by atoms with Gasteiger partial charge in [0.1, 0.15) is 6.04 Å². The lowest BCUT2D eigenvalue weighted by atomic mass is 9.76. The van der Waals surface area contributed by atoms with Gasteiger partial charge in [-0.25, -0.2) is 0 Å². The average Bonchev–Trinajstić information content (AvgIpc) is 3.56. The number of nitrogens with zero attached hydrogens (tertiary/aromatic N) is 1.